The second-order valence-corrected chi connectivity index (χ2v) is 7.59. The Morgan fingerprint density at radius 2 is 2.25 bits per heavy atom. The highest BCUT2D eigenvalue weighted by Gasteiger charge is 2.21. The number of carbonyl (C=O) groups excluding carboxylic acids is 1. The third kappa shape index (κ3) is 5.82. The highest BCUT2D eigenvalue weighted by molar-refractivity contribution is 7.10. The zero-order chi connectivity index (χ0) is 17.4. The molecule has 0 fully saturated rings. The standard InChI is InChI=1S/C18H30N4OS/c1-4-19-18(20-9-5-6-14(2)3)21-12-17(23)22-10-7-16-15(13-22)8-11-24-16/h8,11,14H,4-7,9-10,12-13H2,1-3H3,(H2,19,20,21). The van der Waals surface area contributed by atoms with Crippen molar-refractivity contribution in [3.63, 3.8) is 0 Å². The van der Waals surface area contributed by atoms with Crippen molar-refractivity contribution in [2.75, 3.05) is 26.2 Å². The molecular formula is C18H30N4OS. The molecule has 1 aliphatic heterocycles. The Bertz CT molecular complexity index is 553. The molecule has 1 aliphatic rings. The monoisotopic (exact) mass is 350 g/mol. The lowest BCUT2D eigenvalue weighted by Crippen LogP contribution is -2.40. The number of rotatable bonds is 7. The van der Waals surface area contributed by atoms with Crippen molar-refractivity contribution in [1.29, 1.82) is 0 Å². The van der Waals surface area contributed by atoms with Crippen LogP contribution >= 0.6 is 11.3 Å². The first-order chi connectivity index (χ1) is 11.6. The van der Waals surface area contributed by atoms with E-state index >= 15 is 0 Å². The lowest BCUT2D eigenvalue weighted by molar-refractivity contribution is -0.130. The van der Waals surface area contributed by atoms with E-state index < -0.39 is 0 Å². The van der Waals surface area contributed by atoms with Crippen LogP contribution in [0.4, 0.5) is 0 Å². The van der Waals surface area contributed by atoms with Gasteiger partial charge in [-0.15, -0.1) is 11.3 Å². The first kappa shape index (κ1) is 18.8. The van der Waals surface area contributed by atoms with Gasteiger partial charge in [0.05, 0.1) is 0 Å². The molecule has 0 radical (unpaired) electrons. The highest BCUT2D eigenvalue weighted by Crippen LogP contribution is 2.23. The average molecular weight is 351 g/mol. The lowest BCUT2D eigenvalue weighted by atomic mass is 10.1. The van der Waals surface area contributed by atoms with Gasteiger partial charge in [-0.1, -0.05) is 13.8 Å². The summed E-state index contributed by atoms with van der Waals surface area (Å²) in [5, 5.41) is 8.64. The summed E-state index contributed by atoms with van der Waals surface area (Å²) in [6, 6.07) is 2.13. The predicted molar refractivity (Wildman–Crippen MR) is 101 cm³/mol. The van der Waals surface area contributed by atoms with Gasteiger partial charge in [-0.3, -0.25) is 4.79 Å². The van der Waals surface area contributed by atoms with Crippen LogP contribution in [0.2, 0.25) is 0 Å². The molecule has 0 unspecified atom stereocenters. The molecule has 0 saturated carbocycles. The number of nitrogens with one attached hydrogen (secondary N) is 2. The topological polar surface area (TPSA) is 56.7 Å². The number of aliphatic imine (C=N–C) groups is 1. The van der Waals surface area contributed by atoms with Crippen molar-refractivity contribution in [1.82, 2.24) is 15.5 Å². The van der Waals surface area contributed by atoms with E-state index in [1.54, 1.807) is 11.3 Å². The summed E-state index contributed by atoms with van der Waals surface area (Å²) in [6.45, 7) is 9.93. The number of thiophene rings is 1. The van der Waals surface area contributed by atoms with E-state index in [0.29, 0.717) is 5.92 Å². The van der Waals surface area contributed by atoms with Gasteiger partial charge in [0, 0.05) is 31.1 Å². The highest BCUT2D eigenvalue weighted by atomic mass is 32.1. The van der Waals surface area contributed by atoms with Gasteiger partial charge in [0.2, 0.25) is 5.91 Å². The maximum absolute atomic E-state index is 12.4. The van der Waals surface area contributed by atoms with Gasteiger partial charge in [-0.05, 0) is 49.1 Å². The molecule has 0 atom stereocenters. The van der Waals surface area contributed by atoms with Crippen LogP contribution in [0.5, 0.6) is 0 Å². The number of hydrogen-bond donors (Lipinski definition) is 2. The second kappa shape index (κ2) is 9.67. The summed E-state index contributed by atoms with van der Waals surface area (Å²) in [4.78, 5) is 20.2. The van der Waals surface area contributed by atoms with Gasteiger partial charge in [0.15, 0.2) is 5.96 Å². The van der Waals surface area contributed by atoms with E-state index in [4.69, 9.17) is 0 Å². The van der Waals surface area contributed by atoms with E-state index in [1.165, 1.54) is 16.9 Å². The third-order valence-electron chi connectivity index (χ3n) is 4.13. The van der Waals surface area contributed by atoms with Crippen molar-refractivity contribution in [2.45, 2.75) is 46.6 Å². The van der Waals surface area contributed by atoms with Gasteiger partial charge in [-0.25, -0.2) is 4.99 Å². The van der Waals surface area contributed by atoms with Crippen molar-refractivity contribution in [3.05, 3.63) is 21.9 Å². The maximum Gasteiger partial charge on any atom is 0.244 e. The molecule has 1 aromatic rings. The van der Waals surface area contributed by atoms with Crippen LogP contribution in [0.15, 0.2) is 16.4 Å². The SMILES string of the molecule is CCNC(=NCC(=O)N1CCc2sccc2C1)NCCCC(C)C. The van der Waals surface area contributed by atoms with Gasteiger partial charge >= 0.3 is 0 Å². The minimum atomic E-state index is 0.103. The molecule has 1 aromatic heterocycles. The van der Waals surface area contributed by atoms with Crippen molar-refractivity contribution in [3.8, 4) is 0 Å². The number of fused-ring (bicyclic) bond motifs is 1. The molecule has 0 aliphatic carbocycles. The molecule has 134 valence electrons. The third-order valence-corrected chi connectivity index (χ3v) is 5.15. The van der Waals surface area contributed by atoms with Crippen molar-refractivity contribution in [2.24, 2.45) is 10.9 Å². The van der Waals surface area contributed by atoms with E-state index in [-0.39, 0.29) is 12.5 Å². The lowest BCUT2D eigenvalue weighted by Gasteiger charge is -2.26. The number of guanidine groups is 1. The summed E-state index contributed by atoms with van der Waals surface area (Å²) in [5.74, 6) is 1.56. The summed E-state index contributed by atoms with van der Waals surface area (Å²) < 4.78 is 0. The molecule has 0 bridgehead atoms. The van der Waals surface area contributed by atoms with E-state index in [9.17, 15) is 4.79 Å². The van der Waals surface area contributed by atoms with Crippen LogP contribution in [0.25, 0.3) is 0 Å². The van der Waals surface area contributed by atoms with Gasteiger partial charge in [0.25, 0.3) is 0 Å². The fourth-order valence-corrected chi connectivity index (χ4v) is 3.66. The molecule has 24 heavy (non-hydrogen) atoms. The van der Waals surface area contributed by atoms with Crippen LogP contribution in [0.3, 0.4) is 0 Å². The number of hydrogen-bond acceptors (Lipinski definition) is 3. The number of amides is 1. The Hall–Kier alpha value is -1.56. The quantitative estimate of drug-likeness (QED) is 0.451. The fraction of sp³-hybridized carbons (Fsp3) is 0.667. The zero-order valence-corrected chi connectivity index (χ0v) is 15.9. The van der Waals surface area contributed by atoms with Crippen LogP contribution < -0.4 is 10.6 Å². The summed E-state index contributed by atoms with van der Waals surface area (Å²) in [5.41, 5.74) is 1.29. The molecular weight excluding hydrogens is 320 g/mol. The fourth-order valence-electron chi connectivity index (χ4n) is 2.77. The second-order valence-electron chi connectivity index (χ2n) is 6.59. The average Bonchev–Trinajstić information content (AvgIpc) is 3.03. The van der Waals surface area contributed by atoms with E-state index in [2.05, 4.69) is 40.9 Å². The van der Waals surface area contributed by atoms with Crippen LogP contribution in [-0.4, -0.2) is 42.9 Å². The first-order valence-electron chi connectivity index (χ1n) is 8.95. The maximum atomic E-state index is 12.4. The van der Waals surface area contributed by atoms with Crippen molar-refractivity contribution < 1.29 is 4.79 Å². The Morgan fingerprint density at radius 3 is 3.00 bits per heavy atom. The summed E-state index contributed by atoms with van der Waals surface area (Å²) in [7, 11) is 0. The van der Waals surface area contributed by atoms with Crippen LogP contribution in [0.1, 0.15) is 44.1 Å². The molecule has 0 spiro atoms. The molecule has 2 heterocycles. The molecule has 2 rings (SSSR count). The predicted octanol–water partition coefficient (Wildman–Crippen LogP) is 2.62. The molecule has 2 N–H and O–H groups in total. The zero-order valence-electron chi connectivity index (χ0n) is 15.1. The number of carbonyl (C=O) groups is 1. The van der Waals surface area contributed by atoms with Crippen LogP contribution in [0, 0.1) is 5.92 Å². The molecule has 0 aromatic carbocycles. The normalized spacial score (nSPS) is 14.7. The van der Waals surface area contributed by atoms with Crippen LogP contribution in [-0.2, 0) is 17.8 Å². The van der Waals surface area contributed by atoms with Gasteiger partial charge < -0.3 is 15.5 Å². The molecule has 6 heteroatoms. The van der Waals surface area contributed by atoms with E-state index in [0.717, 1.165) is 45.0 Å². The number of nitrogens with zero attached hydrogens (tertiary/aromatic N) is 2. The molecule has 1 amide bonds. The Balaban J connectivity index is 1.80. The minimum absolute atomic E-state index is 0.103. The minimum Gasteiger partial charge on any atom is -0.357 e. The summed E-state index contributed by atoms with van der Waals surface area (Å²) in [6.07, 6.45) is 3.28. The Labute approximate surface area is 149 Å². The van der Waals surface area contributed by atoms with Gasteiger partial charge in [-0.2, -0.15) is 0 Å². The largest absolute Gasteiger partial charge is 0.357 e. The van der Waals surface area contributed by atoms with Gasteiger partial charge in [0.1, 0.15) is 6.54 Å². The van der Waals surface area contributed by atoms with Crippen molar-refractivity contribution >= 4 is 23.2 Å². The Kier molecular flexibility index (Phi) is 7.56. The first-order valence-corrected chi connectivity index (χ1v) is 9.83. The smallest absolute Gasteiger partial charge is 0.244 e. The van der Waals surface area contributed by atoms with E-state index in [1.807, 2.05) is 11.8 Å². The summed E-state index contributed by atoms with van der Waals surface area (Å²) >= 11 is 1.79. The molecule has 0 saturated heterocycles. The molecule has 5 nitrogen and oxygen atoms in total. The Morgan fingerprint density at radius 1 is 1.42 bits per heavy atom.